The lowest BCUT2D eigenvalue weighted by Crippen LogP contribution is -2.17. The summed E-state index contributed by atoms with van der Waals surface area (Å²) in [4.78, 5) is 9.96. The Morgan fingerprint density at radius 2 is 2.00 bits per heavy atom. The molecule has 0 fully saturated rings. The number of nitrogens with one attached hydrogen (secondary N) is 1. The molecular formula is C18H18FN3S. The quantitative estimate of drug-likeness (QED) is 0.749. The van der Waals surface area contributed by atoms with Gasteiger partial charge in [-0.15, -0.1) is 11.3 Å². The predicted octanol–water partition coefficient (Wildman–Crippen LogP) is 4.50. The van der Waals surface area contributed by atoms with Gasteiger partial charge >= 0.3 is 0 Å². The van der Waals surface area contributed by atoms with Crippen molar-refractivity contribution >= 4 is 11.3 Å². The molecule has 0 aliphatic rings. The largest absolute Gasteiger partial charge is 0.305 e. The molecule has 2 aromatic heterocycles. The van der Waals surface area contributed by atoms with Gasteiger partial charge in [0.1, 0.15) is 10.8 Å². The van der Waals surface area contributed by atoms with Crippen LogP contribution in [-0.2, 0) is 6.54 Å². The van der Waals surface area contributed by atoms with Gasteiger partial charge in [-0.25, -0.2) is 9.37 Å². The van der Waals surface area contributed by atoms with Gasteiger partial charge in [0.15, 0.2) is 0 Å². The Balaban J connectivity index is 1.73. The third-order valence-electron chi connectivity index (χ3n) is 3.65. The van der Waals surface area contributed by atoms with Crippen LogP contribution in [0.5, 0.6) is 0 Å². The minimum atomic E-state index is -0.228. The maximum absolute atomic E-state index is 13.0. The fourth-order valence-electron chi connectivity index (χ4n) is 2.39. The van der Waals surface area contributed by atoms with Crippen molar-refractivity contribution in [3.8, 4) is 10.6 Å². The summed E-state index contributed by atoms with van der Waals surface area (Å²) < 4.78 is 13.0. The van der Waals surface area contributed by atoms with E-state index in [1.54, 1.807) is 29.7 Å². The zero-order valence-electron chi connectivity index (χ0n) is 13.1. The molecule has 0 unspecified atom stereocenters. The molecule has 0 spiro atoms. The Bertz CT molecular complexity index is 769. The fraction of sp³-hybridized carbons (Fsp3) is 0.222. The van der Waals surface area contributed by atoms with Crippen molar-refractivity contribution in [1.82, 2.24) is 15.3 Å². The summed E-state index contributed by atoms with van der Waals surface area (Å²) in [6.45, 7) is 4.91. The summed E-state index contributed by atoms with van der Waals surface area (Å²) in [5, 5.41) is 4.42. The number of nitrogens with zero attached hydrogens (tertiary/aromatic N) is 2. The van der Waals surface area contributed by atoms with E-state index in [-0.39, 0.29) is 11.9 Å². The average molecular weight is 327 g/mol. The highest BCUT2D eigenvalue weighted by Gasteiger charge is 2.15. The van der Waals surface area contributed by atoms with Gasteiger partial charge in [0, 0.05) is 35.4 Å². The molecule has 3 rings (SSSR count). The third-order valence-corrected chi connectivity index (χ3v) is 5.04. The lowest BCUT2D eigenvalue weighted by atomic mass is 10.2. The Kier molecular flexibility index (Phi) is 4.79. The maximum atomic E-state index is 13.0. The summed E-state index contributed by atoms with van der Waals surface area (Å²) in [7, 11) is 0. The number of benzene rings is 1. The SMILES string of the molecule is Cc1nc(-c2ccc(F)cc2)sc1[C@@H](C)NCc1cccnc1. The van der Waals surface area contributed by atoms with E-state index in [2.05, 4.69) is 28.3 Å². The van der Waals surface area contributed by atoms with Crippen LogP contribution in [0.3, 0.4) is 0 Å². The Hall–Kier alpha value is -2.11. The average Bonchev–Trinajstić information content (AvgIpc) is 2.96. The number of rotatable bonds is 5. The second-order valence-electron chi connectivity index (χ2n) is 5.44. The molecule has 3 nitrogen and oxygen atoms in total. The molecule has 3 aromatic rings. The minimum Gasteiger partial charge on any atom is -0.305 e. The van der Waals surface area contributed by atoms with Crippen LogP contribution in [0.15, 0.2) is 48.8 Å². The maximum Gasteiger partial charge on any atom is 0.123 e. The molecule has 0 saturated heterocycles. The topological polar surface area (TPSA) is 37.8 Å². The molecule has 1 atom stereocenters. The second kappa shape index (κ2) is 6.98. The molecule has 0 radical (unpaired) electrons. The van der Waals surface area contributed by atoms with Crippen LogP contribution >= 0.6 is 11.3 Å². The summed E-state index contributed by atoms with van der Waals surface area (Å²) in [5.41, 5.74) is 3.12. The van der Waals surface area contributed by atoms with E-state index in [9.17, 15) is 4.39 Å². The summed E-state index contributed by atoms with van der Waals surface area (Å²) in [6, 6.07) is 10.7. The monoisotopic (exact) mass is 327 g/mol. The Labute approximate surface area is 139 Å². The van der Waals surface area contributed by atoms with Gasteiger partial charge in [0.25, 0.3) is 0 Å². The normalized spacial score (nSPS) is 12.3. The highest BCUT2D eigenvalue weighted by molar-refractivity contribution is 7.15. The smallest absolute Gasteiger partial charge is 0.123 e. The van der Waals surface area contributed by atoms with Crippen LogP contribution in [0.4, 0.5) is 4.39 Å². The number of thiazole rings is 1. The van der Waals surface area contributed by atoms with Crippen molar-refractivity contribution in [2.75, 3.05) is 0 Å². The molecule has 0 bridgehead atoms. The molecule has 1 aromatic carbocycles. The van der Waals surface area contributed by atoms with Crippen LogP contribution in [0.2, 0.25) is 0 Å². The van der Waals surface area contributed by atoms with Crippen LogP contribution in [0.25, 0.3) is 10.6 Å². The summed E-state index contributed by atoms with van der Waals surface area (Å²) >= 11 is 1.65. The van der Waals surface area contributed by atoms with E-state index in [0.717, 1.165) is 28.4 Å². The molecule has 0 saturated carbocycles. The molecule has 2 heterocycles. The summed E-state index contributed by atoms with van der Waals surface area (Å²) in [5.74, 6) is -0.228. The van der Waals surface area contributed by atoms with Crippen molar-refractivity contribution in [3.63, 3.8) is 0 Å². The van der Waals surface area contributed by atoms with Gasteiger partial charge in [0.05, 0.1) is 5.69 Å². The van der Waals surface area contributed by atoms with Gasteiger partial charge in [-0.05, 0) is 49.7 Å². The molecule has 1 N–H and O–H groups in total. The highest BCUT2D eigenvalue weighted by atomic mass is 32.1. The first kappa shape index (κ1) is 15.8. The van der Waals surface area contributed by atoms with E-state index in [1.165, 1.54) is 17.0 Å². The van der Waals surface area contributed by atoms with Crippen LogP contribution in [0, 0.1) is 12.7 Å². The van der Waals surface area contributed by atoms with Crippen LogP contribution < -0.4 is 5.32 Å². The van der Waals surface area contributed by atoms with E-state index in [1.807, 2.05) is 19.2 Å². The molecule has 0 amide bonds. The fourth-order valence-corrected chi connectivity index (χ4v) is 3.49. The van der Waals surface area contributed by atoms with E-state index in [0.29, 0.717) is 0 Å². The number of hydrogen-bond acceptors (Lipinski definition) is 4. The van der Waals surface area contributed by atoms with Crippen LogP contribution in [-0.4, -0.2) is 9.97 Å². The van der Waals surface area contributed by atoms with Gasteiger partial charge in [-0.1, -0.05) is 6.07 Å². The van der Waals surface area contributed by atoms with E-state index < -0.39 is 0 Å². The van der Waals surface area contributed by atoms with Crippen molar-refractivity contribution in [2.45, 2.75) is 26.4 Å². The van der Waals surface area contributed by atoms with E-state index >= 15 is 0 Å². The lowest BCUT2D eigenvalue weighted by molar-refractivity contribution is 0.578. The molecular weight excluding hydrogens is 309 g/mol. The van der Waals surface area contributed by atoms with Gasteiger partial charge in [-0.2, -0.15) is 0 Å². The molecule has 23 heavy (non-hydrogen) atoms. The van der Waals surface area contributed by atoms with E-state index in [4.69, 9.17) is 0 Å². The lowest BCUT2D eigenvalue weighted by Gasteiger charge is -2.12. The second-order valence-corrected chi connectivity index (χ2v) is 6.47. The molecule has 118 valence electrons. The molecule has 0 aliphatic carbocycles. The number of halogens is 1. The standard InChI is InChI=1S/C18H18FN3S/c1-12(21-11-14-4-3-9-20-10-14)17-13(2)22-18(23-17)15-5-7-16(19)8-6-15/h3-10,12,21H,11H2,1-2H3/t12-/m1/s1. The van der Waals surface area contributed by atoms with Crippen molar-refractivity contribution in [2.24, 2.45) is 0 Å². The number of aromatic nitrogens is 2. The summed E-state index contributed by atoms with van der Waals surface area (Å²) in [6.07, 6.45) is 3.64. The van der Waals surface area contributed by atoms with Crippen molar-refractivity contribution < 1.29 is 4.39 Å². The van der Waals surface area contributed by atoms with Gasteiger partial charge in [0.2, 0.25) is 0 Å². The Morgan fingerprint density at radius 1 is 1.22 bits per heavy atom. The zero-order chi connectivity index (χ0) is 16.2. The Morgan fingerprint density at radius 3 is 2.70 bits per heavy atom. The van der Waals surface area contributed by atoms with Gasteiger partial charge in [-0.3, -0.25) is 4.98 Å². The first-order valence-corrected chi connectivity index (χ1v) is 8.30. The molecule has 5 heteroatoms. The first-order valence-electron chi connectivity index (χ1n) is 7.49. The number of aryl methyl sites for hydroxylation is 1. The highest BCUT2D eigenvalue weighted by Crippen LogP contribution is 2.31. The zero-order valence-corrected chi connectivity index (χ0v) is 13.9. The van der Waals surface area contributed by atoms with Crippen LogP contribution in [0.1, 0.15) is 29.1 Å². The van der Waals surface area contributed by atoms with Crippen molar-refractivity contribution in [1.29, 1.82) is 0 Å². The number of pyridine rings is 1. The third kappa shape index (κ3) is 3.81. The minimum absolute atomic E-state index is 0.196. The van der Waals surface area contributed by atoms with Gasteiger partial charge < -0.3 is 5.32 Å². The molecule has 0 aliphatic heterocycles. The predicted molar refractivity (Wildman–Crippen MR) is 91.7 cm³/mol. The van der Waals surface area contributed by atoms with Crippen molar-refractivity contribution in [3.05, 3.63) is 70.7 Å². The number of hydrogen-bond donors (Lipinski definition) is 1. The first-order chi connectivity index (χ1) is 11.1.